The molecule has 0 aliphatic carbocycles. The van der Waals surface area contributed by atoms with Crippen LogP contribution in [-0.2, 0) is 17.3 Å². The lowest BCUT2D eigenvalue weighted by atomic mass is 10.1. The topological polar surface area (TPSA) is 40.5 Å². The van der Waals surface area contributed by atoms with E-state index in [2.05, 4.69) is 35.8 Å². The van der Waals surface area contributed by atoms with Gasteiger partial charge in [0.15, 0.2) is 0 Å². The molecule has 0 fully saturated rings. The van der Waals surface area contributed by atoms with Gasteiger partial charge in [-0.1, -0.05) is 32.1 Å². The minimum atomic E-state index is -5.55. The molecule has 0 amide bonds. The van der Waals surface area contributed by atoms with Crippen LogP contribution in [0.15, 0.2) is 42.5 Å². The molecule has 10 heteroatoms. The number of halogens is 5. The van der Waals surface area contributed by atoms with E-state index < -0.39 is 35.7 Å². The minimum Gasteiger partial charge on any atom is -0.497 e. The fraction of sp³-hybridized carbons (Fsp3) is 0.548. The second-order valence-corrected chi connectivity index (χ2v) is 12.1. The molecule has 1 heterocycles. The second-order valence-electron chi connectivity index (χ2n) is 10.4. The number of hydrogen-bond donors (Lipinski definition) is 0. The molecule has 0 spiro atoms. The van der Waals surface area contributed by atoms with E-state index in [1.165, 1.54) is 22.2 Å². The molecule has 0 bridgehead atoms. The zero-order valence-corrected chi connectivity index (χ0v) is 24.8. The lowest BCUT2D eigenvalue weighted by Crippen LogP contribution is -2.36. The van der Waals surface area contributed by atoms with E-state index in [4.69, 9.17) is 9.47 Å². The molecule has 1 unspecified atom stereocenters. The summed E-state index contributed by atoms with van der Waals surface area (Å²) in [6.45, 7) is 3.02. The summed E-state index contributed by atoms with van der Waals surface area (Å²) >= 11 is 0. The number of methoxy groups -OCH3 is 2. The Bertz CT molecular complexity index is 1270. The van der Waals surface area contributed by atoms with Crippen LogP contribution in [0.2, 0.25) is 0 Å². The number of nitrogens with zero attached hydrogens (tertiary/aromatic N) is 1. The van der Waals surface area contributed by atoms with Gasteiger partial charge in [0.1, 0.15) is 11.5 Å². The van der Waals surface area contributed by atoms with Crippen molar-refractivity contribution in [3.63, 3.8) is 0 Å². The Morgan fingerprint density at radius 1 is 0.756 bits per heavy atom. The molecule has 0 saturated carbocycles. The Labute approximate surface area is 241 Å². The summed E-state index contributed by atoms with van der Waals surface area (Å²) in [5.74, 6) is -2.85. The van der Waals surface area contributed by atoms with Gasteiger partial charge in [-0.15, -0.1) is 0 Å². The maximum absolute atomic E-state index is 12.9. The maximum Gasteiger partial charge on any atom is 0.453 e. The summed E-state index contributed by atoms with van der Waals surface area (Å²) in [5, 5.41) is 1.17. The van der Waals surface area contributed by atoms with E-state index in [1.807, 2.05) is 18.2 Å². The van der Waals surface area contributed by atoms with Gasteiger partial charge in [0, 0.05) is 46.2 Å². The number of rotatable bonds is 17. The van der Waals surface area contributed by atoms with Crippen LogP contribution in [0.1, 0.15) is 63.4 Å². The average molecular weight is 602 g/mol. The molecule has 228 valence electrons. The first-order chi connectivity index (χ1) is 19.5. The van der Waals surface area contributed by atoms with Gasteiger partial charge in [-0.3, -0.25) is 4.21 Å². The van der Waals surface area contributed by atoms with E-state index in [0.717, 1.165) is 62.1 Å². The van der Waals surface area contributed by atoms with Gasteiger partial charge in [-0.2, -0.15) is 22.0 Å². The smallest absolute Gasteiger partial charge is 0.453 e. The van der Waals surface area contributed by atoms with Crippen molar-refractivity contribution in [3.8, 4) is 22.8 Å². The van der Waals surface area contributed by atoms with Crippen molar-refractivity contribution in [3.05, 3.63) is 48.0 Å². The van der Waals surface area contributed by atoms with Gasteiger partial charge in [0.2, 0.25) is 0 Å². The van der Waals surface area contributed by atoms with E-state index in [1.54, 1.807) is 14.2 Å². The lowest BCUT2D eigenvalue weighted by molar-refractivity contribution is -0.284. The standard InChI is InChI=1S/C31H40F5NO3S/c1-23-27-22-26(40-3)16-17-28(27)37(29(23)24-12-14-25(39-2)15-13-24)19-9-7-5-4-6-8-10-20-41(38)21-11-18-30(32,33)31(34,35)36/h12-17,22H,4-11,18-21H2,1-3H3. The minimum absolute atomic E-state index is 0.121. The Morgan fingerprint density at radius 2 is 1.32 bits per heavy atom. The third-order valence-electron chi connectivity index (χ3n) is 7.42. The fourth-order valence-electron chi connectivity index (χ4n) is 5.10. The third kappa shape index (κ3) is 8.93. The molecule has 41 heavy (non-hydrogen) atoms. The second kappa shape index (κ2) is 15.0. The summed E-state index contributed by atoms with van der Waals surface area (Å²) in [5.41, 5.74) is 4.69. The van der Waals surface area contributed by atoms with Crippen molar-refractivity contribution in [2.75, 3.05) is 25.7 Å². The molecule has 1 aromatic heterocycles. The summed E-state index contributed by atoms with van der Waals surface area (Å²) in [4.78, 5) is 0. The predicted octanol–water partition coefficient (Wildman–Crippen LogP) is 9.09. The number of aryl methyl sites for hydroxylation is 2. The highest BCUT2D eigenvalue weighted by Crippen LogP contribution is 2.39. The van der Waals surface area contributed by atoms with Gasteiger partial charge in [-0.05, 0) is 79.8 Å². The maximum atomic E-state index is 12.9. The van der Waals surface area contributed by atoms with Crippen molar-refractivity contribution >= 4 is 21.7 Å². The van der Waals surface area contributed by atoms with Gasteiger partial charge in [0.05, 0.1) is 19.9 Å². The van der Waals surface area contributed by atoms with Crippen LogP contribution in [0.25, 0.3) is 22.2 Å². The Morgan fingerprint density at radius 3 is 1.93 bits per heavy atom. The van der Waals surface area contributed by atoms with Gasteiger partial charge >= 0.3 is 12.1 Å². The van der Waals surface area contributed by atoms with E-state index >= 15 is 0 Å². The molecule has 0 aliphatic heterocycles. The SMILES string of the molecule is COc1ccc(-c2c(C)c3cc(OC)ccc3n2CCCCCCCCCS(=O)CCCC(F)(F)C(F)(F)F)cc1. The van der Waals surface area contributed by atoms with Crippen molar-refractivity contribution in [1.29, 1.82) is 0 Å². The van der Waals surface area contributed by atoms with Gasteiger partial charge < -0.3 is 14.0 Å². The summed E-state index contributed by atoms with van der Waals surface area (Å²) in [6, 6.07) is 14.3. The van der Waals surface area contributed by atoms with Gasteiger partial charge in [-0.25, -0.2) is 0 Å². The van der Waals surface area contributed by atoms with Crippen molar-refractivity contribution < 1.29 is 35.6 Å². The Kier molecular flexibility index (Phi) is 12.1. The molecule has 2 aromatic carbocycles. The van der Waals surface area contributed by atoms with Crippen LogP contribution >= 0.6 is 0 Å². The zero-order chi connectivity index (χ0) is 30.0. The zero-order valence-electron chi connectivity index (χ0n) is 24.0. The number of ether oxygens (including phenoxy) is 2. The number of fused-ring (bicyclic) bond motifs is 1. The van der Waals surface area contributed by atoms with E-state index in [-0.39, 0.29) is 5.75 Å². The van der Waals surface area contributed by atoms with Crippen LogP contribution in [0.4, 0.5) is 22.0 Å². The highest BCUT2D eigenvalue weighted by Gasteiger charge is 2.56. The molecular weight excluding hydrogens is 561 g/mol. The molecule has 0 aliphatic rings. The monoisotopic (exact) mass is 601 g/mol. The number of aromatic nitrogens is 1. The van der Waals surface area contributed by atoms with E-state index in [9.17, 15) is 26.2 Å². The first-order valence-electron chi connectivity index (χ1n) is 14.1. The molecular formula is C31H40F5NO3S. The fourth-order valence-corrected chi connectivity index (χ4v) is 6.29. The third-order valence-corrected chi connectivity index (χ3v) is 8.91. The number of benzene rings is 2. The average Bonchev–Trinajstić information content (AvgIpc) is 3.21. The number of unbranched alkanes of at least 4 members (excludes halogenated alkanes) is 6. The van der Waals surface area contributed by atoms with Crippen LogP contribution in [0.3, 0.4) is 0 Å². The van der Waals surface area contributed by atoms with Crippen LogP contribution in [-0.4, -0.2) is 46.6 Å². The van der Waals surface area contributed by atoms with E-state index in [0.29, 0.717) is 12.2 Å². The summed E-state index contributed by atoms with van der Waals surface area (Å²) < 4.78 is 87.6. The molecule has 4 nitrogen and oxygen atoms in total. The first-order valence-corrected chi connectivity index (χ1v) is 15.6. The molecule has 3 aromatic rings. The van der Waals surface area contributed by atoms with Crippen molar-refractivity contribution in [2.45, 2.75) is 83.4 Å². The quantitative estimate of drug-likeness (QED) is 0.114. The summed E-state index contributed by atoms with van der Waals surface area (Å²) in [7, 11) is 1.96. The first kappa shape index (κ1) is 32.9. The van der Waals surface area contributed by atoms with Crippen LogP contribution in [0, 0.1) is 6.92 Å². The number of hydrogen-bond acceptors (Lipinski definition) is 3. The van der Waals surface area contributed by atoms with Gasteiger partial charge in [0.25, 0.3) is 0 Å². The highest BCUT2D eigenvalue weighted by molar-refractivity contribution is 7.84. The normalized spacial score (nSPS) is 13.1. The lowest BCUT2D eigenvalue weighted by Gasteiger charge is -2.19. The van der Waals surface area contributed by atoms with Crippen molar-refractivity contribution in [1.82, 2.24) is 4.57 Å². The molecule has 1 atom stereocenters. The largest absolute Gasteiger partial charge is 0.497 e. The highest BCUT2D eigenvalue weighted by atomic mass is 32.2. The molecule has 0 saturated heterocycles. The summed E-state index contributed by atoms with van der Waals surface area (Å²) in [6.07, 6.45) is -0.526. The van der Waals surface area contributed by atoms with Crippen LogP contribution in [0.5, 0.6) is 11.5 Å². The molecule has 0 radical (unpaired) electrons. The van der Waals surface area contributed by atoms with Crippen LogP contribution < -0.4 is 9.47 Å². The predicted molar refractivity (Wildman–Crippen MR) is 156 cm³/mol. The Hall–Kier alpha value is -2.62. The Balaban J connectivity index is 1.43. The molecule has 0 N–H and O–H groups in total. The number of alkyl halides is 5. The molecule has 3 rings (SSSR count). The van der Waals surface area contributed by atoms with Crippen molar-refractivity contribution in [2.24, 2.45) is 0 Å².